The van der Waals surface area contributed by atoms with Crippen molar-refractivity contribution in [1.82, 2.24) is 4.98 Å². The minimum absolute atomic E-state index is 0.000917. The van der Waals surface area contributed by atoms with Crippen LogP contribution >= 0.6 is 23.1 Å². The minimum atomic E-state index is 0.000917. The van der Waals surface area contributed by atoms with E-state index in [2.05, 4.69) is 28.5 Å². The van der Waals surface area contributed by atoms with Crippen molar-refractivity contribution in [1.29, 1.82) is 0 Å². The summed E-state index contributed by atoms with van der Waals surface area (Å²) in [7, 11) is 0. The van der Waals surface area contributed by atoms with Crippen molar-refractivity contribution in [2.45, 2.75) is 5.75 Å². The average molecular weight is 381 g/mol. The lowest BCUT2D eigenvalue weighted by molar-refractivity contribution is -0.493. The number of nitrogens with zero attached hydrogens (tertiary/aromatic N) is 1. The van der Waals surface area contributed by atoms with E-state index in [4.69, 9.17) is 0 Å². The second kappa shape index (κ2) is 7.76. The van der Waals surface area contributed by atoms with Crippen molar-refractivity contribution in [3.63, 3.8) is 0 Å². The third-order valence-corrected chi connectivity index (χ3v) is 5.85. The number of aromatic nitrogens is 2. The van der Waals surface area contributed by atoms with E-state index in [1.165, 1.54) is 5.56 Å². The van der Waals surface area contributed by atoms with E-state index >= 15 is 0 Å². The van der Waals surface area contributed by atoms with Gasteiger partial charge in [0.1, 0.15) is 0 Å². The fraction of sp³-hybridized carbons (Fsp3) is 0.100. The normalized spacial score (nSPS) is 10.9. The van der Waals surface area contributed by atoms with Gasteiger partial charge in [0.05, 0.1) is 16.8 Å². The minimum Gasteiger partial charge on any atom is -0.266 e. The predicted molar refractivity (Wildman–Crippen MR) is 108 cm³/mol. The van der Waals surface area contributed by atoms with Crippen LogP contribution in [0.2, 0.25) is 0 Å². The maximum Gasteiger partial charge on any atom is 0.290 e. The number of carbonyl (C=O) groups is 1. The zero-order valence-electron chi connectivity index (χ0n) is 14.0. The van der Waals surface area contributed by atoms with E-state index in [0.29, 0.717) is 5.75 Å². The molecule has 0 aliphatic heterocycles. The Morgan fingerprint density at radius 1 is 1.08 bits per heavy atom. The Balaban J connectivity index is 1.51. The topological polar surface area (TPSA) is 49.0 Å². The smallest absolute Gasteiger partial charge is 0.266 e. The number of rotatable bonds is 6. The number of hydrogen-bond donors (Lipinski definition) is 2. The lowest BCUT2D eigenvalue weighted by atomic mass is 10.2. The van der Waals surface area contributed by atoms with E-state index in [-0.39, 0.29) is 5.91 Å². The van der Waals surface area contributed by atoms with Crippen LogP contribution in [-0.4, -0.2) is 16.6 Å². The monoisotopic (exact) mass is 380 g/mol. The summed E-state index contributed by atoms with van der Waals surface area (Å²) in [4.78, 5) is 17.0. The molecule has 4 nitrogen and oxygen atoms in total. The second-order valence-corrected chi connectivity index (χ2v) is 7.74. The number of imidazole rings is 1. The summed E-state index contributed by atoms with van der Waals surface area (Å²) in [5.41, 5.74) is 3.11. The third kappa shape index (κ3) is 3.66. The first-order valence-corrected chi connectivity index (χ1v) is 10.3. The van der Waals surface area contributed by atoms with Gasteiger partial charge in [0.15, 0.2) is 5.69 Å². The molecule has 0 bridgehead atoms. The number of fused-ring (bicyclic) bond motifs is 1. The van der Waals surface area contributed by atoms with Gasteiger partial charge in [-0.2, -0.15) is 0 Å². The van der Waals surface area contributed by atoms with E-state index in [1.807, 2.05) is 58.4 Å². The average Bonchev–Trinajstić information content (AvgIpc) is 3.31. The van der Waals surface area contributed by atoms with E-state index in [9.17, 15) is 4.79 Å². The van der Waals surface area contributed by atoms with Crippen molar-refractivity contribution in [2.24, 2.45) is 0 Å². The number of amides is 1. The molecule has 3 aromatic heterocycles. The number of H-pyrrole nitrogens is 1. The number of benzene rings is 1. The van der Waals surface area contributed by atoms with Crippen molar-refractivity contribution in [3.05, 3.63) is 77.8 Å². The molecular weight excluding hydrogens is 362 g/mol. The number of carbonyl (C=O) groups excluding carboxylic acids is 1. The van der Waals surface area contributed by atoms with E-state index in [0.717, 1.165) is 27.8 Å². The third-order valence-electron chi connectivity index (χ3n) is 3.96. The molecule has 0 unspecified atom stereocenters. The molecule has 0 fully saturated rings. The van der Waals surface area contributed by atoms with Gasteiger partial charge in [-0.1, -0.05) is 42.5 Å². The van der Waals surface area contributed by atoms with Crippen molar-refractivity contribution < 1.29 is 9.20 Å². The molecule has 0 spiro atoms. The Bertz CT molecular complexity index is 1010. The number of thioether (sulfide) groups is 1. The molecule has 0 saturated heterocycles. The highest BCUT2D eigenvalue weighted by molar-refractivity contribution is 7.99. The van der Waals surface area contributed by atoms with E-state index in [1.54, 1.807) is 23.1 Å². The first kappa shape index (κ1) is 16.9. The molecule has 4 rings (SSSR count). The van der Waals surface area contributed by atoms with Gasteiger partial charge >= 0.3 is 0 Å². The van der Waals surface area contributed by atoms with Crippen LogP contribution in [0.1, 0.15) is 5.56 Å². The highest BCUT2D eigenvalue weighted by Gasteiger charge is 2.22. The van der Waals surface area contributed by atoms with Gasteiger partial charge in [-0.05, 0) is 23.1 Å². The van der Waals surface area contributed by atoms with Gasteiger partial charge < -0.3 is 0 Å². The Morgan fingerprint density at radius 2 is 1.92 bits per heavy atom. The molecule has 4 aromatic rings. The highest BCUT2D eigenvalue weighted by Crippen LogP contribution is 2.29. The van der Waals surface area contributed by atoms with Gasteiger partial charge in [-0.25, -0.2) is 9.72 Å². The highest BCUT2D eigenvalue weighted by atomic mass is 32.2. The lowest BCUT2D eigenvalue weighted by Gasteiger charge is -2.02. The quantitative estimate of drug-likeness (QED) is 0.489. The van der Waals surface area contributed by atoms with Gasteiger partial charge in [-0.3, -0.25) is 9.78 Å². The van der Waals surface area contributed by atoms with Crippen LogP contribution in [0.15, 0.2) is 72.2 Å². The Morgan fingerprint density at radius 3 is 2.73 bits per heavy atom. The molecule has 1 aromatic carbocycles. The van der Waals surface area contributed by atoms with Gasteiger partial charge in [-0.15, -0.1) is 23.1 Å². The fourth-order valence-corrected chi connectivity index (χ4v) is 4.29. The number of aromatic amines is 1. The Kier molecular flexibility index (Phi) is 5.04. The van der Waals surface area contributed by atoms with Crippen LogP contribution in [0.4, 0.5) is 5.82 Å². The molecule has 2 N–H and O–H groups in total. The molecule has 3 heterocycles. The summed E-state index contributed by atoms with van der Waals surface area (Å²) in [6.07, 6.45) is 1.95. The molecule has 1 amide bonds. The molecule has 26 heavy (non-hydrogen) atoms. The SMILES string of the molecule is O=C(CSCc1ccccc1)Nc1c(-c2cccs2)[nH]c2cccc[n+]12. The second-order valence-electron chi connectivity index (χ2n) is 5.81. The first-order valence-electron chi connectivity index (χ1n) is 8.29. The Labute approximate surface area is 159 Å². The summed E-state index contributed by atoms with van der Waals surface area (Å²) in [6.45, 7) is 0. The zero-order valence-corrected chi connectivity index (χ0v) is 15.6. The molecule has 0 radical (unpaired) electrons. The molecule has 0 saturated carbocycles. The van der Waals surface area contributed by atoms with Gasteiger partial charge in [0, 0.05) is 11.8 Å². The van der Waals surface area contributed by atoms with Crippen molar-refractivity contribution >= 4 is 40.5 Å². The number of thiophene rings is 1. The summed E-state index contributed by atoms with van der Waals surface area (Å²) in [6, 6.07) is 20.2. The molecule has 0 aliphatic rings. The number of anilines is 1. The van der Waals surface area contributed by atoms with Crippen LogP contribution in [-0.2, 0) is 10.5 Å². The number of pyridine rings is 1. The van der Waals surface area contributed by atoms with Gasteiger partial charge in [0.2, 0.25) is 5.65 Å². The lowest BCUT2D eigenvalue weighted by Crippen LogP contribution is -2.27. The summed E-state index contributed by atoms with van der Waals surface area (Å²) < 4.78 is 1.98. The number of nitrogens with one attached hydrogen (secondary N) is 2. The van der Waals surface area contributed by atoms with E-state index < -0.39 is 0 Å². The predicted octanol–water partition coefficient (Wildman–Crippen LogP) is 4.35. The molecule has 0 aliphatic carbocycles. The molecule has 130 valence electrons. The summed E-state index contributed by atoms with van der Waals surface area (Å²) >= 11 is 3.26. The molecule has 0 atom stereocenters. The largest absolute Gasteiger partial charge is 0.290 e. The van der Waals surface area contributed by atoms with Gasteiger partial charge in [0.25, 0.3) is 11.7 Å². The maximum absolute atomic E-state index is 12.5. The number of hydrogen-bond acceptors (Lipinski definition) is 3. The van der Waals surface area contributed by atoms with Crippen LogP contribution in [0.5, 0.6) is 0 Å². The fourth-order valence-electron chi connectivity index (χ4n) is 2.77. The van der Waals surface area contributed by atoms with Crippen molar-refractivity contribution in [3.8, 4) is 10.6 Å². The molecular formula is C20H18N3OS2+. The van der Waals surface area contributed by atoms with Crippen molar-refractivity contribution in [2.75, 3.05) is 11.1 Å². The van der Waals surface area contributed by atoms with Crippen LogP contribution < -0.4 is 9.72 Å². The maximum atomic E-state index is 12.5. The molecule has 6 heteroatoms. The standard InChI is InChI=1S/C20H17N3OS2/c24-18(14-25-13-15-7-2-1-3-8-15)22-20-19(16-9-6-12-26-16)21-17-10-4-5-11-23(17)20/h1-12H,13-14H2,(H,22,24)/p+1. The van der Waals surface area contributed by atoms with Crippen LogP contribution in [0.3, 0.4) is 0 Å². The Hall–Kier alpha value is -2.57. The zero-order chi connectivity index (χ0) is 17.8. The summed E-state index contributed by atoms with van der Waals surface area (Å²) in [5.74, 6) is 2.03. The van der Waals surface area contributed by atoms with Crippen LogP contribution in [0.25, 0.3) is 16.2 Å². The summed E-state index contributed by atoms with van der Waals surface area (Å²) in [5, 5.41) is 5.12. The first-order chi connectivity index (χ1) is 12.8. The van der Waals surface area contributed by atoms with Crippen LogP contribution in [0, 0.1) is 0 Å².